The Kier molecular flexibility index (Phi) is 4.71. The van der Waals surface area contributed by atoms with Crippen LogP contribution in [0.4, 0.5) is 4.39 Å². The molecule has 1 aromatic heterocycles. The highest BCUT2D eigenvalue weighted by Crippen LogP contribution is 2.29. The van der Waals surface area contributed by atoms with Crippen LogP contribution in [-0.4, -0.2) is 31.1 Å². The maximum Gasteiger partial charge on any atom is 0.261 e. The molecule has 120 valence electrons. The van der Waals surface area contributed by atoms with Gasteiger partial charge in [-0.05, 0) is 42.7 Å². The summed E-state index contributed by atoms with van der Waals surface area (Å²) in [6.07, 6.45) is 2.13. The Morgan fingerprint density at radius 1 is 1.09 bits per heavy atom. The van der Waals surface area contributed by atoms with E-state index in [1.807, 2.05) is 24.3 Å². The predicted molar refractivity (Wildman–Crippen MR) is 88.6 cm³/mol. The number of hydrogen-bond donors (Lipinski definition) is 2. The third kappa shape index (κ3) is 3.96. The smallest absolute Gasteiger partial charge is 0.261 e. The van der Waals surface area contributed by atoms with Crippen LogP contribution in [0.15, 0.2) is 36.4 Å². The van der Waals surface area contributed by atoms with E-state index >= 15 is 0 Å². The Morgan fingerprint density at radius 2 is 1.83 bits per heavy atom. The van der Waals surface area contributed by atoms with Crippen LogP contribution in [0.1, 0.15) is 32.9 Å². The van der Waals surface area contributed by atoms with Gasteiger partial charge in [0.2, 0.25) is 0 Å². The molecule has 1 aliphatic carbocycles. The fourth-order valence-corrected chi connectivity index (χ4v) is 3.06. The molecule has 0 radical (unpaired) electrons. The molecule has 2 aromatic rings. The van der Waals surface area contributed by atoms with Crippen LogP contribution in [0.25, 0.3) is 10.4 Å². The van der Waals surface area contributed by atoms with Gasteiger partial charge in [0.15, 0.2) is 0 Å². The number of benzene rings is 1. The molecule has 0 atom stereocenters. The standard InChI is InChI=1S/C17H17FN2O2S/c18-9-10-19-16(21)12-3-1-11(2-4-12)14-7-8-15(23-14)17(22)20-13-5-6-13/h1-4,7-8,13H,5-6,9-10H2,(H,19,21)(H,20,22). The summed E-state index contributed by atoms with van der Waals surface area (Å²) in [5.74, 6) is -0.309. The molecule has 2 amide bonds. The molecule has 0 bridgehead atoms. The van der Waals surface area contributed by atoms with Crippen LogP contribution in [0, 0.1) is 0 Å². The number of hydrogen-bond acceptors (Lipinski definition) is 3. The van der Waals surface area contributed by atoms with Gasteiger partial charge in [0.25, 0.3) is 11.8 Å². The average Bonchev–Trinajstić information content (AvgIpc) is 3.24. The summed E-state index contributed by atoms with van der Waals surface area (Å²) in [7, 11) is 0. The molecule has 1 heterocycles. The van der Waals surface area contributed by atoms with E-state index in [0.717, 1.165) is 23.3 Å². The fourth-order valence-electron chi connectivity index (χ4n) is 2.15. The molecule has 2 N–H and O–H groups in total. The van der Waals surface area contributed by atoms with Gasteiger partial charge in [-0.15, -0.1) is 11.3 Å². The summed E-state index contributed by atoms with van der Waals surface area (Å²) >= 11 is 1.43. The van der Waals surface area contributed by atoms with Gasteiger partial charge in [-0.3, -0.25) is 9.59 Å². The van der Waals surface area contributed by atoms with Crippen molar-refractivity contribution in [1.29, 1.82) is 0 Å². The lowest BCUT2D eigenvalue weighted by Crippen LogP contribution is -2.25. The van der Waals surface area contributed by atoms with Gasteiger partial charge in [0, 0.05) is 23.0 Å². The predicted octanol–water partition coefficient (Wildman–Crippen LogP) is 3.01. The van der Waals surface area contributed by atoms with Crippen LogP contribution in [0.2, 0.25) is 0 Å². The van der Waals surface area contributed by atoms with Crippen LogP contribution in [-0.2, 0) is 0 Å². The Hall–Kier alpha value is -2.21. The molecule has 1 saturated carbocycles. The topological polar surface area (TPSA) is 58.2 Å². The summed E-state index contributed by atoms with van der Waals surface area (Å²) in [4.78, 5) is 25.4. The van der Waals surface area contributed by atoms with E-state index in [9.17, 15) is 14.0 Å². The van der Waals surface area contributed by atoms with Gasteiger partial charge in [-0.25, -0.2) is 4.39 Å². The Balaban J connectivity index is 1.68. The van der Waals surface area contributed by atoms with Crippen LogP contribution >= 0.6 is 11.3 Å². The number of carbonyl (C=O) groups is 2. The minimum atomic E-state index is -0.579. The van der Waals surface area contributed by atoms with Crippen molar-refractivity contribution >= 4 is 23.2 Å². The van der Waals surface area contributed by atoms with Gasteiger partial charge in [-0.2, -0.15) is 0 Å². The monoisotopic (exact) mass is 332 g/mol. The van der Waals surface area contributed by atoms with Crippen molar-refractivity contribution in [1.82, 2.24) is 10.6 Å². The van der Waals surface area contributed by atoms with Crippen molar-refractivity contribution in [3.05, 3.63) is 46.8 Å². The lowest BCUT2D eigenvalue weighted by Gasteiger charge is -2.04. The second-order valence-electron chi connectivity index (χ2n) is 5.43. The molecule has 23 heavy (non-hydrogen) atoms. The molecular weight excluding hydrogens is 315 g/mol. The third-order valence-corrected chi connectivity index (χ3v) is 4.69. The second-order valence-corrected chi connectivity index (χ2v) is 6.52. The van der Waals surface area contributed by atoms with Crippen molar-refractivity contribution < 1.29 is 14.0 Å². The van der Waals surface area contributed by atoms with Gasteiger partial charge in [0.1, 0.15) is 6.67 Å². The highest BCUT2D eigenvalue weighted by molar-refractivity contribution is 7.17. The first kappa shape index (κ1) is 15.7. The van der Waals surface area contributed by atoms with E-state index in [0.29, 0.717) is 16.5 Å². The summed E-state index contributed by atoms with van der Waals surface area (Å²) in [5, 5.41) is 5.45. The molecular formula is C17H17FN2O2S. The molecule has 1 aromatic carbocycles. The molecule has 0 unspecified atom stereocenters. The van der Waals surface area contributed by atoms with Gasteiger partial charge in [0.05, 0.1) is 4.88 Å². The Bertz CT molecular complexity index is 708. The molecule has 4 nitrogen and oxygen atoms in total. The molecule has 6 heteroatoms. The highest BCUT2D eigenvalue weighted by Gasteiger charge is 2.24. The number of nitrogens with one attached hydrogen (secondary N) is 2. The van der Waals surface area contributed by atoms with E-state index < -0.39 is 6.67 Å². The minimum absolute atomic E-state index is 0.0188. The summed E-state index contributed by atoms with van der Waals surface area (Å²) in [6.45, 7) is -0.560. The fraction of sp³-hybridized carbons (Fsp3) is 0.294. The van der Waals surface area contributed by atoms with E-state index in [1.165, 1.54) is 11.3 Å². The van der Waals surface area contributed by atoms with Crippen molar-refractivity contribution in [2.24, 2.45) is 0 Å². The van der Waals surface area contributed by atoms with Crippen molar-refractivity contribution in [2.75, 3.05) is 13.2 Å². The largest absolute Gasteiger partial charge is 0.349 e. The first-order valence-corrected chi connectivity index (χ1v) is 8.34. The van der Waals surface area contributed by atoms with E-state index in [2.05, 4.69) is 10.6 Å². The molecule has 0 aliphatic heterocycles. The van der Waals surface area contributed by atoms with E-state index in [1.54, 1.807) is 12.1 Å². The normalized spacial score (nSPS) is 13.6. The quantitative estimate of drug-likeness (QED) is 0.854. The van der Waals surface area contributed by atoms with Gasteiger partial charge < -0.3 is 10.6 Å². The zero-order valence-corrected chi connectivity index (χ0v) is 13.3. The first-order valence-electron chi connectivity index (χ1n) is 7.52. The molecule has 1 aliphatic rings. The Labute approximate surface area is 137 Å². The van der Waals surface area contributed by atoms with Gasteiger partial charge >= 0.3 is 0 Å². The van der Waals surface area contributed by atoms with E-state index in [-0.39, 0.29) is 18.4 Å². The van der Waals surface area contributed by atoms with E-state index in [4.69, 9.17) is 0 Å². The molecule has 0 spiro atoms. The number of thiophene rings is 1. The minimum Gasteiger partial charge on any atom is -0.349 e. The van der Waals surface area contributed by atoms with Crippen molar-refractivity contribution in [3.8, 4) is 10.4 Å². The zero-order valence-electron chi connectivity index (χ0n) is 12.5. The number of carbonyl (C=O) groups excluding carboxylic acids is 2. The molecule has 3 rings (SSSR count). The summed E-state index contributed by atoms with van der Waals surface area (Å²) in [6, 6.07) is 11.1. The number of rotatable bonds is 6. The third-order valence-electron chi connectivity index (χ3n) is 3.55. The highest BCUT2D eigenvalue weighted by atomic mass is 32.1. The van der Waals surface area contributed by atoms with Crippen LogP contribution < -0.4 is 10.6 Å². The Morgan fingerprint density at radius 3 is 2.48 bits per heavy atom. The summed E-state index contributed by atoms with van der Waals surface area (Å²) < 4.78 is 12.1. The molecule has 0 saturated heterocycles. The van der Waals surface area contributed by atoms with Crippen molar-refractivity contribution in [3.63, 3.8) is 0 Å². The SMILES string of the molecule is O=C(NCCF)c1ccc(-c2ccc(C(=O)NC3CC3)s2)cc1. The van der Waals surface area contributed by atoms with Crippen LogP contribution in [0.3, 0.4) is 0 Å². The average molecular weight is 332 g/mol. The number of halogens is 1. The lowest BCUT2D eigenvalue weighted by atomic mass is 10.1. The maximum atomic E-state index is 12.1. The van der Waals surface area contributed by atoms with Gasteiger partial charge in [-0.1, -0.05) is 12.1 Å². The number of amides is 2. The van der Waals surface area contributed by atoms with Crippen molar-refractivity contribution in [2.45, 2.75) is 18.9 Å². The molecule has 1 fully saturated rings. The first-order chi connectivity index (χ1) is 11.2. The zero-order chi connectivity index (χ0) is 16.2. The number of alkyl halides is 1. The maximum absolute atomic E-state index is 12.1. The lowest BCUT2D eigenvalue weighted by molar-refractivity contribution is 0.0944. The second kappa shape index (κ2) is 6.91. The summed E-state index contributed by atoms with van der Waals surface area (Å²) in [5.41, 5.74) is 1.44. The van der Waals surface area contributed by atoms with Crippen LogP contribution in [0.5, 0.6) is 0 Å².